The van der Waals surface area contributed by atoms with E-state index in [1.54, 1.807) is 13.1 Å². The quantitative estimate of drug-likeness (QED) is 0.357. The number of halogens is 2. The van der Waals surface area contributed by atoms with Crippen LogP contribution in [0.2, 0.25) is 0 Å². The van der Waals surface area contributed by atoms with Crippen LogP contribution in [0.4, 0.5) is 10.1 Å². The monoisotopic (exact) mass is 526 g/mol. The van der Waals surface area contributed by atoms with Gasteiger partial charge in [-0.05, 0) is 29.3 Å². The van der Waals surface area contributed by atoms with Crippen LogP contribution in [0.3, 0.4) is 0 Å². The van der Waals surface area contributed by atoms with Crippen molar-refractivity contribution >= 4 is 35.6 Å². The maximum Gasteiger partial charge on any atom is 0.191 e. The lowest BCUT2D eigenvalue weighted by atomic mass is 10.1. The van der Waals surface area contributed by atoms with Gasteiger partial charge in [0.15, 0.2) is 5.96 Å². The van der Waals surface area contributed by atoms with Gasteiger partial charge < -0.3 is 25.0 Å². The van der Waals surface area contributed by atoms with Gasteiger partial charge in [0.1, 0.15) is 17.7 Å². The van der Waals surface area contributed by atoms with E-state index in [2.05, 4.69) is 21.7 Å². The van der Waals surface area contributed by atoms with E-state index >= 15 is 0 Å². The van der Waals surface area contributed by atoms with Crippen molar-refractivity contribution in [3.63, 3.8) is 0 Å². The SMILES string of the molecule is CN=C(NCc1ccc(N2CCOCC2)c(F)c1)NCC1Cc2ccccc2O1.I. The third kappa shape index (κ3) is 5.54. The second-order valence-electron chi connectivity index (χ2n) is 7.24. The van der Waals surface area contributed by atoms with Gasteiger partial charge in [-0.1, -0.05) is 24.3 Å². The van der Waals surface area contributed by atoms with Crippen molar-refractivity contribution in [2.24, 2.45) is 4.99 Å². The van der Waals surface area contributed by atoms with Crippen LogP contribution >= 0.6 is 24.0 Å². The molecule has 162 valence electrons. The molecule has 30 heavy (non-hydrogen) atoms. The lowest BCUT2D eigenvalue weighted by molar-refractivity contribution is 0.122. The van der Waals surface area contributed by atoms with Crippen LogP contribution in [0.1, 0.15) is 11.1 Å². The minimum absolute atomic E-state index is 0. The average molecular weight is 526 g/mol. The molecule has 2 aliphatic heterocycles. The van der Waals surface area contributed by atoms with Crippen molar-refractivity contribution in [3.8, 4) is 5.75 Å². The van der Waals surface area contributed by atoms with Crippen LogP contribution < -0.4 is 20.3 Å². The number of nitrogens with one attached hydrogen (secondary N) is 2. The van der Waals surface area contributed by atoms with E-state index in [4.69, 9.17) is 9.47 Å². The molecule has 1 saturated heterocycles. The molecule has 0 amide bonds. The van der Waals surface area contributed by atoms with Gasteiger partial charge in [0.05, 0.1) is 25.4 Å². The molecule has 4 rings (SSSR count). The summed E-state index contributed by atoms with van der Waals surface area (Å²) in [6, 6.07) is 13.5. The van der Waals surface area contributed by atoms with Gasteiger partial charge >= 0.3 is 0 Å². The Morgan fingerprint density at radius 1 is 1.17 bits per heavy atom. The molecular weight excluding hydrogens is 498 g/mol. The Morgan fingerprint density at radius 3 is 2.70 bits per heavy atom. The molecule has 0 aromatic heterocycles. The number of fused-ring (bicyclic) bond motifs is 1. The molecule has 0 saturated carbocycles. The highest BCUT2D eigenvalue weighted by molar-refractivity contribution is 14.0. The van der Waals surface area contributed by atoms with Crippen molar-refractivity contribution in [3.05, 3.63) is 59.4 Å². The summed E-state index contributed by atoms with van der Waals surface area (Å²) in [5.41, 5.74) is 2.74. The smallest absolute Gasteiger partial charge is 0.191 e. The molecule has 2 aromatic rings. The Hall–Kier alpha value is -2.07. The summed E-state index contributed by atoms with van der Waals surface area (Å²) in [6.07, 6.45) is 0.963. The lowest BCUT2D eigenvalue weighted by Gasteiger charge is -2.29. The van der Waals surface area contributed by atoms with Gasteiger partial charge in [-0.15, -0.1) is 24.0 Å². The Morgan fingerprint density at radius 2 is 1.97 bits per heavy atom. The molecule has 6 nitrogen and oxygen atoms in total. The van der Waals surface area contributed by atoms with Gasteiger partial charge in [-0.25, -0.2) is 4.39 Å². The fraction of sp³-hybridized carbons (Fsp3) is 0.409. The number of nitrogens with zero attached hydrogens (tertiary/aromatic N) is 2. The predicted octanol–water partition coefficient (Wildman–Crippen LogP) is 2.95. The summed E-state index contributed by atoms with van der Waals surface area (Å²) in [5.74, 6) is 1.42. The Kier molecular flexibility index (Phi) is 8.15. The molecule has 2 N–H and O–H groups in total. The van der Waals surface area contributed by atoms with Crippen LogP contribution in [0.15, 0.2) is 47.5 Å². The largest absolute Gasteiger partial charge is 0.488 e. The van der Waals surface area contributed by atoms with Gasteiger partial charge in [0.2, 0.25) is 0 Å². The first-order valence-electron chi connectivity index (χ1n) is 10.0. The number of ether oxygens (including phenoxy) is 2. The van der Waals surface area contributed by atoms with Crippen molar-refractivity contribution in [2.75, 3.05) is 44.8 Å². The minimum Gasteiger partial charge on any atom is -0.488 e. The Bertz CT molecular complexity index is 849. The molecule has 1 unspecified atom stereocenters. The number of hydrogen-bond acceptors (Lipinski definition) is 4. The Balaban J connectivity index is 0.00000256. The first kappa shape index (κ1) is 22.6. The van der Waals surface area contributed by atoms with Crippen LogP contribution in [0, 0.1) is 5.82 Å². The molecule has 2 heterocycles. The number of benzene rings is 2. The van der Waals surface area contributed by atoms with E-state index in [0.717, 1.165) is 30.8 Å². The molecule has 0 bridgehead atoms. The number of anilines is 1. The molecule has 0 aliphatic carbocycles. The zero-order valence-electron chi connectivity index (χ0n) is 17.1. The van der Waals surface area contributed by atoms with Crippen LogP contribution in [0.25, 0.3) is 0 Å². The molecule has 2 aliphatic rings. The van der Waals surface area contributed by atoms with Crippen LogP contribution in [-0.4, -0.2) is 52.0 Å². The molecule has 1 atom stereocenters. The van der Waals surface area contributed by atoms with Gasteiger partial charge in [0, 0.05) is 33.1 Å². The summed E-state index contributed by atoms with van der Waals surface area (Å²) >= 11 is 0. The number of morpholine rings is 1. The summed E-state index contributed by atoms with van der Waals surface area (Å²) in [7, 11) is 1.72. The fourth-order valence-electron chi connectivity index (χ4n) is 3.71. The summed E-state index contributed by atoms with van der Waals surface area (Å²) < 4.78 is 25.8. The number of hydrogen-bond donors (Lipinski definition) is 2. The molecule has 8 heteroatoms. The Labute approximate surface area is 193 Å². The van der Waals surface area contributed by atoms with E-state index in [-0.39, 0.29) is 35.9 Å². The van der Waals surface area contributed by atoms with E-state index in [1.165, 1.54) is 5.56 Å². The molecule has 1 fully saturated rings. The van der Waals surface area contributed by atoms with Gasteiger partial charge in [-0.3, -0.25) is 4.99 Å². The van der Waals surface area contributed by atoms with E-state index < -0.39 is 0 Å². The first-order valence-corrected chi connectivity index (χ1v) is 10.0. The normalized spacial score (nSPS) is 18.3. The minimum atomic E-state index is -0.203. The van der Waals surface area contributed by atoms with Gasteiger partial charge in [0.25, 0.3) is 0 Å². The lowest BCUT2D eigenvalue weighted by Crippen LogP contribution is -2.42. The van der Waals surface area contributed by atoms with Crippen molar-refractivity contribution in [2.45, 2.75) is 19.1 Å². The van der Waals surface area contributed by atoms with Crippen LogP contribution in [-0.2, 0) is 17.7 Å². The average Bonchev–Trinajstić information content (AvgIpc) is 3.17. The highest BCUT2D eigenvalue weighted by atomic mass is 127. The standard InChI is InChI=1S/C22H27FN4O2.HI/c1-24-22(26-15-18-13-17-4-2-3-5-21(17)29-18)25-14-16-6-7-20(19(23)12-16)27-8-10-28-11-9-27;/h2-7,12,18H,8-11,13-15H2,1H3,(H2,24,25,26);1H. The predicted molar refractivity (Wildman–Crippen MR) is 128 cm³/mol. The molecule has 2 aromatic carbocycles. The highest BCUT2D eigenvalue weighted by Crippen LogP contribution is 2.27. The summed E-state index contributed by atoms with van der Waals surface area (Å²) in [5, 5.41) is 6.53. The van der Waals surface area contributed by atoms with Gasteiger partial charge in [-0.2, -0.15) is 0 Å². The van der Waals surface area contributed by atoms with Crippen molar-refractivity contribution in [1.82, 2.24) is 10.6 Å². The maximum absolute atomic E-state index is 14.6. The molecular formula is C22H28FIN4O2. The molecule has 0 spiro atoms. The second-order valence-corrected chi connectivity index (χ2v) is 7.24. The maximum atomic E-state index is 14.6. The highest BCUT2D eigenvalue weighted by Gasteiger charge is 2.22. The van der Waals surface area contributed by atoms with E-state index in [9.17, 15) is 4.39 Å². The third-order valence-corrected chi connectivity index (χ3v) is 5.26. The number of aliphatic imine (C=N–C) groups is 1. The summed E-state index contributed by atoms with van der Waals surface area (Å²) in [4.78, 5) is 6.27. The van der Waals surface area contributed by atoms with Crippen LogP contribution in [0.5, 0.6) is 5.75 Å². The zero-order valence-corrected chi connectivity index (χ0v) is 19.4. The molecule has 0 radical (unpaired) electrons. The second kappa shape index (κ2) is 10.8. The van der Waals surface area contributed by atoms with Crippen molar-refractivity contribution < 1.29 is 13.9 Å². The zero-order chi connectivity index (χ0) is 20.1. The summed E-state index contributed by atoms with van der Waals surface area (Å²) in [6.45, 7) is 3.86. The first-order chi connectivity index (χ1) is 14.2. The number of rotatable bonds is 5. The van der Waals surface area contributed by atoms with Crippen molar-refractivity contribution in [1.29, 1.82) is 0 Å². The number of para-hydroxylation sites is 1. The fourth-order valence-corrected chi connectivity index (χ4v) is 3.71. The van der Waals surface area contributed by atoms with E-state index in [0.29, 0.717) is 38.0 Å². The van der Waals surface area contributed by atoms with E-state index in [1.807, 2.05) is 35.2 Å². The third-order valence-electron chi connectivity index (χ3n) is 5.26. The topological polar surface area (TPSA) is 58.1 Å². The number of guanidine groups is 1.